The Hall–Kier alpha value is -1.44. The van der Waals surface area contributed by atoms with Gasteiger partial charge in [0, 0.05) is 13.1 Å². The smallest absolute Gasteiger partial charge is 0.237 e. The third-order valence-corrected chi connectivity index (χ3v) is 6.21. The van der Waals surface area contributed by atoms with Crippen molar-refractivity contribution in [2.45, 2.75) is 45.4 Å². The Morgan fingerprint density at radius 3 is 2.29 bits per heavy atom. The van der Waals surface area contributed by atoms with Crippen molar-refractivity contribution in [2.75, 3.05) is 18.8 Å². The first-order chi connectivity index (χ1) is 9.51. The van der Waals surface area contributed by atoms with E-state index in [1.165, 1.54) is 0 Å². The third kappa shape index (κ3) is 3.09. The molecule has 2 heterocycles. The van der Waals surface area contributed by atoms with Crippen LogP contribution in [0.3, 0.4) is 0 Å². The van der Waals surface area contributed by atoms with Gasteiger partial charge in [0.05, 0.1) is 10.8 Å². The molecule has 21 heavy (non-hydrogen) atoms. The maximum absolute atomic E-state index is 12.1. The Bertz CT molecular complexity index is 651. The molecule has 1 aromatic rings. The molecule has 0 unspecified atom stereocenters. The second-order valence-electron chi connectivity index (χ2n) is 6.47. The number of carbonyl (C=O) groups excluding carboxylic acids is 1. The second-order valence-corrected chi connectivity index (χ2v) is 9.22. The molecule has 118 valence electrons. The Morgan fingerprint density at radius 1 is 1.29 bits per heavy atom. The van der Waals surface area contributed by atoms with Gasteiger partial charge in [-0.1, -0.05) is 0 Å². The summed E-state index contributed by atoms with van der Waals surface area (Å²) >= 11 is 0. The quantitative estimate of drug-likeness (QED) is 0.810. The van der Waals surface area contributed by atoms with E-state index in [1.54, 1.807) is 30.4 Å². The molecular formula is C13H22N4O3S. The van der Waals surface area contributed by atoms with Crippen molar-refractivity contribution in [1.82, 2.24) is 19.7 Å². The monoisotopic (exact) mass is 314 g/mol. The summed E-state index contributed by atoms with van der Waals surface area (Å²) in [6.07, 6.45) is 0. The van der Waals surface area contributed by atoms with Crippen LogP contribution in [0.25, 0.3) is 0 Å². The first-order valence-corrected chi connectivity index (χ1v) is 8.56. The van der Waals surface area contributed by atoms with Gasteiger partial charge in [0.15, 0.2) is 9.84 Å². The van der Waals surface area contributed by atoms with Gasteiger partial charge in [0.1, 0.15) is 17.4 Å². The minimum absolute atomic E-state index is 0.0903. The number of hydrogen-bond acceptors (Lipinski definition) is 5. The number of amides is 1. The first kappa shape index (κ1) is 15.9. The van der Waals surface area contributed by atoms with Crippen LogP contribution in [0.15, 0.2) is 0 Å². The molecule has 1 amide bonds. The molecule has 1 aliphatic rings. The fourth-order valence-corrected chi connectivity index (χ4v) is 3.11. The Morgan fingerprint density at radius 2 is 1.86 bits per heavy atom. The van der Waals surface area contributed by atoms with Crippen LogP contribution in [-0.2, 0) is 14.6 Å². The fraction of sp³-hybridized carbons (Fsp3) is 0.769. The molecule has 1 aliphatic heterocycles. The van der Waals surface area contributed by atoms with Gasteiger partial charge in [-0.25, -0.2) is 18.1 Å². The van der Waals surface area contributed by atoms with E-state index in [9.17, 15) is 13.2 Å². The molecule has 1 saturated heterocycles. The van der Waals surface area contributed by atoms with E-state index in [2.05, 4.69) is 10.1 Å². The molecule has 0 bridgehead atoms. The lowest BCUT2D eigenvalue weighted by Crippen LogP contribution is -2.53. The number of sulfone groups is 1. The summed E-state index contributed by atoms with van der Waals surface area (Å²) in [4.78, 5) is 17.8. The van der Waals surface area contributed by atoms with E-state index in [0.717, 1.165) is 5.82 Å². The third-order valence-electron chi connectivity index (χ3n) is 3.71. The van der Waals surface area contributed by atoms with Crippen molar-refractivity contribution in [2.24, 2.45) is 0 Å². The summed E-state index contributed by atoms with van der Waals surface area (Å²) in [5.41, 5.74) is 0. The van der Waals surface area contributed by atoms with E-state index in [0.29, 0.717) is 18.9 Å². The number of carbonyl (C=O) groups is 1. The highest BCUT2D eigenvalue weighted by atomic mass is 32.2. The summed E-state index contributed by atoms with van der Waals surface area (Å²) in [6.45, 7) is 9.49. The zero-order valence-corrected chi connectivity index (χ0v) is 13.9. The highest BCUT2D eigenvalue weighted by Crippen LogP contribution is 2.23. The summed E-state index contributed by atoms with van der Waals surface area (Å²) in [5, 5.41) is 4.29. The van der Waals surface area contributed by atoms with E-state index < -0.39 is 20.3 Å². The van der Waals surface area contributed by atoms with Crippen LogP contribution in [0.1, 0.15) is 38.5 Å². The average molecular weight is 314 g/mol. The normalized spacial score (nSPS) is 16.9. The minimum atomic E-state index is -3.43. The van der Waals surface area contributed by atoms with Crippen molar-refractivity contribution in [3.63, 3.8) is 0 Å². The topological polar surface area (TPSA) is 85.2 Å². The Labute approximate surface area is 125 Å². The van der Waals surface area contributed by atoms with Crippen LogP contribution >= 0.6 is 0 Å². The number of hydrogen-bond donors (Lipinski definition) is 0. The zero-order valence-electron chi connectivity index (χ0n) is 13.1. The predicted octanol–water partition coefficient (Wildman–Crippen LogP) is 0.492. The molecule has 0 saturated carbocycles. The van der Waals surface area contributed by atoms with Gasteiger partial charge in [-0.2, -0.15) is 5.10 Å². The number of nitrogens with zero attached hydrogens (tertiary/aromatic N) is 4. The molecule has 0 aromatic carbocycles. The largest absolute Gasteiger partial charge is 0.337 e. The fourth-order valence-electron chi connectivity index (χ4n) is 2.17. The van der Waals surface area contributed by atoms with Crippen LogP contribution in [0.5, 0.6) is 0 Å². The molecule has 1 aromatic heterocycles. The summed E-state index contributed by atoms with van der Waals surface area (Å²) in [5.74, 6) is 0.744. The zero-order chi connectivity index (χ0) is 16.0. The van der Waals surface area contributed by atoms with Gasteiger partial charge in [0.25, 0.3) is 0 Å². The molecule has 7 nitrogen and oxygen atoms in total. The van der Waals surface area contributed by atoms with Crippen LogP contribution in [0.4, 0.5) is 0 Å². The van der Waals surface area contributed by atoms with Crippen molar-refractivity contribution < 1.29 is 13.2 Å². The summed E-state index contributed by atoms with van der Waals surface area (Å²) in [6, 6.07) is 0.0903. The lowest BCUT2D eigenvalue weighted by atomic mass is 10.1. The molecule has 0 atom stereocenters. The van der Waals surface area contributed by atoms with E-state index in [-0.39, 0.29) is 11.9 Å². The van der Waals surface area contributed by atoms with Crippen molar-refractivity contribution in [3.05, 3.63) is 11.6 Å². The lowest BCUT2D eigenvalue weighted by Gasteiger charge is -2.39. The molecule has 2 rings (SSSR count). The summed E-state index contributed by atoms with van der Waals surface area (Å²) in [7, 11) is -3.43. The van der Waals surface area contributed by atoms with Gasteiger partial charge in [-0.3, -0.25) is 4.79 Å². The maximum atomic E-state index is 12.1. The van der Waals surface area contributed by atoms with Crippen LogP contribution in [-0.4, -0.2) is 57.6 Å². The number of aryl methyl sites for hydroxylation is 2. The molecule has 0 aliphatic carbocycles. The first-order valence-electron chi connectivity index (χ1n) is 6.91. The average Bonchev–Trinajstić information content (AvgIpc) is 2.53. The molecule has 0 spiro atoms. The molecule has 0 N–H and O–H groups in total. The Balaban J connectivity index is 1.96. The van der Waals surface area contributed by atoms with Crippen molar-refractivity contribution >= 4 is 15.7 Å². The van der Waals surface area contributed by atoms with Gasteiger partial charge in [0.2, 0.25) is 5.91 Å². The second kappa shape index (κ2) is 5.08. The molecule has 0 radical (unpaired) electrons. The van der Waals surface area contributed by atoms with Gasteiger partial charge in [-0.15, -0.1) is 0 Å². The van der Waals surface area contributed by atoms with Crippen LogP contribution in [0.2, 0.25) is 0 Å². The van der Waals surface area contributed by atoms with Crippen molar-refractivity contribution in [3.8, 4) is 0 Å². The standard InChI is InChI=1S/C13H22N4O3S/c1-9-14-10(2)17(15-9)11-6-16(7-11)12(18)8-21(19,20)13(3,4)5/h11H,6-8H2,1-5H3. The number of likely N-dealkylation sites (tertiary alicyclic amines) is 1. The van der Waals surface area contributed by atoms with E-state index in [1.807, 2.05) is 13.8 Å². The summed E-state index contributed by atoms with van der Waals surface area (Å²) < 4.78 is 25.0. The Kier molecular flexibility index (Phi) is 3.86. The SMILES string of the molecule is Cc1nc(C)n(C2CN(C(=O)CS(=O)(=O)C(C)(C)C)C2)n1. The van der Waals surface area contributed by atoms with Gasteiger partial charge >= 0.3 is 0 Å². The molecule has 8 heteroatoms. The molecule has 1 fully saturated rings. The minimum Gasteiger partial charge on any atom is -0.337 e. The molecular weight excluding hydrogens is 292 g/mol. The van der Waals surface area contributed by atoms with Gasteiger partial charge in [-0.05, 0) is 34.6 Å². The highest BCUT2D eigenvalue weighted by Gasteiger charge is 2.38. The number of aromatic nitrogens is 3. The number of rotatable bonds is 3. The van der Waals surface area contributed by atoms with E-state index in [4.69, 9.17) is 0 Å². The predicted molar refractivity (Wildman–Crippen MR) is 78.7 cm³/mol. The highest BCUT2D eigenvalue weighted by molar-refractivity contribution is 7.93. The van der Waals surface area contributed by atoms with Crippen LogP contribution in [0, 0.1) is 13.8 Å². The maximum Gasteiger partial charge on any atom is 0.237 e. The van der Waals surface area contributed by atoms with E-state index >= 15 is 0 Å². The van der Waals surface area contributed by atoms with Crippen LogP contribution < -0.4 is 0 Å². The van der Waals surface area contributed by atoms with Crippen molar-refractivity contribution in [1.29, 1.82) is 0 Å². The lowest BCUT2D eigenvalue weighted by molar-refractivity contribution is -0.134. The van der Waals surface area contributed by atoms with Gasteiger partial charge < -0.3 is 4.90 Å².